The lowest BCUT2D eigenvalue weighted by atomic mass is 10.0. The molecule has 1 N–H and O–H groups in total. The van der Waals surface area contributed by atoms with Gasteiger partial charge in [0.2, 0.25) is 0 Å². The summed E-state index contributed by atoms with van der Waals surface area (Å²) in [5.74, 6) is 0. The van der Waals surface area contributed by atoms with Crippen LogP contribution in [0.25, 0.3) is 0 Å². The van der Waals surface area contributed by atoms with E-state index in [1.807, 2.05) is 10.9 Å². The number of hydrogen-bond acceptors (Lipinski definition) is 2. The van der Waals surface area contributed by atoms with Crippen molar-refractivity contribution in [2.75, 3.05) is 0 Å². The molecule has 2 rings (SSSR count). The third kappa shape index (κ3) is 3.94. The van der Waals surface area contributed by atoms with Crippen LogP contribution in [0.15, 0.2) is 30.6 Å². The van der Waals surface area contributed by atoms with Crippen molar-refractivity contribution in [3.8, 4) is 0 Å². The Morgan fingerprint density at radius 2 is 1.80 bits per heavy atom. The summed E-state index contributed by atoms with van der Waals surface area (Å²) < 4.78 is 2.02. The molecule has 0 saturated carbocycles. The molecule has 3 nitrogen and oxygen atoms in total. The number of aromatic nitrogens is 2. The van der Waals surface area contributed by atoms with Crippen molar-refractivity contribution in [1.82, 2.24) is 15.1 Å². The van der Waals surface area contributed by atoms with Crippen LogP contribution in [0.5, 0.6) is 0 Å². The molecule has 1 aromatic heterocycles. The largest absolute Gasteiger partial charge is 0.308 e. The molecule has 0 atom stereocenters. The summed E-state index contributed by atoms with van der Waals surface area (Å²) in [4.78, 5) is 0. The van der Waals surface area contributed by atoms with Crippen LogP contribution in [-0.2, 0) is 13.1 Å². The molecule has 1 aromatic carbocycles. The first-order valence-electron chi connectivity index (χ1n) is 7.16. The van der Waals surface area contributed by atoms with Crippen molar-refractivity contribution >= 4 is 0 Å². The fraction of sp³-hybridized carbons (Fsp3) is 0.471. The maximum absolute atomic E-state index is 4.47. The smallest absolute Gasteiger partial charge is 0.0664 e. The van der Waals surface area contributed by atoms with Crippen LogP contribution < -0.4 is 5.32 Å². The number of benzene rings is 1. The molecule has 2 aromatic rings. The SMILES string of the molecule is Cc1cccc(C)c1Cn1cc(CNC(C)(C)C)cn1. The molecule has 0 fully saturated rings. The number of hydrogen-bond donors (Lipinski definition) is 1. The zero-order chi connectivity index (χ0) is 14.8. The van der Waals surface area contributed by atoms with Gasteiger partial charge in [-0.25, -0.2) is 0 Å². The molecule has 0 radical (unpaired) electrons. The molecule has 0 bridgehead atoms. The van der Waals surface area contributed by atoms with Crippen molar-refractivity contribution in [2.24, 2.45) is 0 Å². The third-order valence-corrected chi connectivity index (χ3v) is 3.47. The predicted molar refractivity (Wildman–Crippen MR) is 83.8 cm³/mol. The standard InChI is InChI=1S/C17H25N3/c1-13-7-6-8-14(2)16(13)12-20-11-15(10-19-20)9-18-17(3,4)5/h6-8,10-11,18H,9,12H2,1-5H3. The van der Waals surface area contributed by atoms with Crippen molar-refractivity contribution in [3.05, 3.63) is 52.8 Å². The number of rotatable bonds is 4. The minimum Gasteiger partial charge on any atom is -0.308 e. The first kappa shape index (κ1) is 14.8. The predicted octanol–water partition coefficient (Wildman–Crippen LogP) is 3.44. The van der Waals surface area contributed by atoms with Gasteiger partial charge in [-0.05, 0) is 51.3 Å². The van der Waals surface area contributed by atoms with Crippen molar-refractivity contribution in [2.45, 2.75) is 53.2 Å². The van der Waals surface area contributed by atoms with Gasteiger partial charge in [0, 0.05) is 23.8 Å². The molecule has 108 valence electrons. The van der Waals surface area contributed by atoms with Crippen LogP contribution in [0.3, 0.4) is 0 Å². The summed E-state index contributed by atoms with van der Waals surface area (Å²) in [5, 5.41) is 7.96. The molecular formula is C17H25N3. The van der Waals surface area contributed by atoms with E-state index >= 15 is 0 Å². The van der Waals surface area contributed by atoms with Gasteiger partial charge in [-0.15, -0.1) is 0 Å². The van der Waals surface area contributed by atoms with E-state index in [4.69, 9.17) is 0 Å². The second-order valence-corrected chi connectivity index (χ2v) is 6.52. The Morgan fingerprint density at radius 3 is 2.40 bits per heavy atom. The molecule has 0 unspecified atom stereocenters. The van der Waals surface area contributed by atoms with Gasteiger partial charge < -0.3 is 5.32 Å². The van der Waals surface area contributed by atoms with Crippen molar-refractivity contribution in [1.29, 1.82) is 0 Å². The molecule has 0 aliphatic heterocycles. The Labute approximate surface area is 122 Å². The van der Waals surface area contributed by atoms with Gasteiger partial charge in [0.15, 0.2) is 0 Å². The van der Waals surface area contributed by atoms with Gasteiger partial charge in [0.1, 0.15) is 0 Å². The molecule has 3 heteroatoms. The van der Waals surface area contributed by atoms with Gasteiger partial charge in [-0.1, -0.05) is 18.2 Å². The molecule has 0 spiro atoms. The lowest BCUT2D eigenvalue weighted by Gasteiger charge is -2.19. The molecular weight excluding hydrogens is 246 g/mol. The Morgan fingerprint density at radius 1 is 1.15 bits per heavy atom. The van der Waals surface area contributed by atoms with Gasteiger partial charge >= 0.3 is 0 Å². The molecule has 0 aliphatic rings. The monoisotopic (exact) mass is 271 g/mol. The lowest BCUT2D eigenvalue weighted by Crippen LogP contribution is -2.34. The highest BCUT2D eigenvalue weighted by Gasteiger charge is 2.10. The number of nitrogens with one attached hydrogen (secondary N) is 1. The van der Waals surface area contributed by atoms with E-state index in [1.54, 1.807) is 0 Å². The summed E-state index contributed by atoms with van der Waals surface area (Å²) in [5.41, 5.74) is 5.39. The Bertz CT molecular complexity index is 556. The first-order valence-corrected chi connectivity index (χ1v) is 7.16. The van der Waals surface area contributed by atoms with Gasteiger partial charge in [0.25, 0.3) is 0 Å². The van der Waals surface area contributed by atoms with E-state index in [1.165, 1.54) is 22.3 Å². The minimum absolute atomic E-state index is 0.134. The Balaban J connectivity index is 2.06. The summed E-state index contributed by atoms with van der Waals surface area (Å²) in [6.07, 6.45) is 4.08. The molecule has 1 heterocycles. The van der Waals surface area contributed by atoms with Crippen LogP contribution in [0.1, 0.15) is 43.0 Å². The van der Waals surface area contributed by atoms with Crippen LogP contribution in [0.4, 0.5) is 0 Å². The first-order chi connectivity index (χ1) is 9.35. The number of aryl methyl sites for hydroxylation is 2. The maximum atomic E-state index is 4.47. The quantitative estimate of drug-likeness (QED) is 0.923. The summed E-state index contributed by atoms with van der Waals surface area (Å²) in [6.45, 7) is 12.5. The lowest BCUT2D eigenvalue weighted by molar-refractivity contribution is 0.424. The highest BCUT2D eigenvalue weighted by atomic mass is 15.3. The summed E-state index contributed by atoms with van der Waals surface area (Å²) in [6, 6.07) is 6.43. The zero-order valence-corrected chi connectivity index (χ0v) is 13.2. The van der Waals surface area contributed by atoms with E-state index in [0.29, 0.717) is 0 Å². The Hall–Kier alpha value is -1.61. The normalized spacial score (nSPS) is 11.8. The third-order valence-electron chi connectivity index (χ3n) is 3.47. The maximum Gasteiger partial charge on any atom is 0.0664 e. The molecule has 0 aliphatic carbocycles. The van der Waals surface area contributed by atoms with E-state index in [-0.39, 0.29) is 5.54 Å². The minimum atomic E-state index is 0.134. The average molecular weight is 271 g/mol. The van der Waals surface area contributed by atoms with Crippen LogP contribution in [0.2, 0.25) is 0 Å². The van der Waals surface area contributed by atoms with E-state index in [9.17, 15) is 0 Å². The van der Waals surface area contributed by atoms with Gasteiger partial charge in [0.05, 0.1) is 12.7 Å². The fourth-order valence-electron chi connectivity index (χ4n) is 2.21. The number of nitrogens with zero attached hydrogens (tertiary/aromatic N) is 2. The Kier molecular flexibility index (Phi) is 4.29. The molecule has 20 heavy (non-hydrogen) atoms. The van der Waals surface area contributed by atoms with Crippen LogP contribution in [0, 0.1) is 13.8 Å². The van der Waals surface area contributed by atoms with Gasteiger partial charge in [-0.2, -0.15) is 5.10 Å². The topological polar surface area (TPSA) is 29.9 Å². The van der Waals surface area contributed by atoms with E-state index < -0.39 is 0 Å². The second kappa shape index (κ2) is 5.80. The highest BCUT2D eigenvalue weighted by Crippen LogP contribution is 2.15. The van der Waals surface area contributed by atoms with E-state index in [2.05, 4.69) is 69.4 Å². The summed E-state index contributed by atoms with van der Waals surface area (Å²) in [7, 11) is 0. The van der Waals surface area contributed by atoms with Crippen molar-refractivity contribution < 1.29 is 0 Å². The fourth-order valence-corrected chi connectivity index (χ4v) is 2.21. The van der Waals surface area contributed by atoms with Gasteiger partial charge in [-0.3, -0.25) is 4.68 Å². The van der Waals surface area contributed by atoms with Crippen LogP contribution in [-0.4, -0.2) is 15.3 Å². The van der Waals surface area contributed by atoms with Crippen molar-refractivity contribution in [3.63, 3.8) is 0 Å². The summed E-state index contributed by atoms with van der Waals surface area (Å²) >= 11 is 0. The average Bonchev–Trinajstić information content (AvgIpc) is 2.79. The zero-order valence-electron chi connectivity index (χ0n) is 13.2. The van der Waals surface area contributed by atoms with Crippen LogP contribution >= 0.6 is 0 Å². The van der Waals surface area contributed by atoms with E-state index in [0.717, 1.165) is 13.1 Å². The second-order valence-electron chi connectivity index (χ2n) is 6.52. The highest BCUT2D eigenvalue weighted by molar-refractivity contribution is 5.33. The molecule has 0 amide bonds. The molecule has 0 saturated heterocycles.